The molecule has 158 valence electrons. The van der Waals surface area contributed by atoms with E-state index in [1.807, 2.05) is 30.3 Å². The Morgan fingerprint density at radius 2 is 1.77 bits per heavy atom. The maximum atomic E-state index is 13.2. The van der Waals surface area contributed by atoms with Crippen LogP contribution in [0.25, 0.3) is 0 Å². The molecule has 2 aliphatic carbocycles. The molecular formula is C25H30N2O3. The lowest BCUT2D eigenvalue weighted by atomic mass is 9.83. The Bertz CT molecular complexity index is 868. The minimum atomic E-state index is -0.187. The number of hydrogen-bond acceptors (Lipinski definition) is 4. The molecular weight excluding hydrogens is 376 g/mol. The van der Waals surface area contributed by atoms with E-state index in [0.717, 1.165) is 24.8 Å². The van der Waals surface area contributed by atoms with Crippen LogP contribution in [0.4, 0.5) is 10.5 Å². The van der Waals surface area contributed by atoms with Crippen LogP contribution in [0.2, 0.25) is 0 Å². The zero-order chi connectivity index (χ0) is 20.3. The molecule has 30 heavy (non-hydrogen) atoms. The van der Waals surface area contributed by atoms with Gasteiger partial charge in [-0.1, -0.05) is 55.0 Å². The van der Waals surface area contributed by atoms with Gasteiger partial charge in [0.05, 0.1) is 19.3 Å². The van der Waals surface area contributed by atoms with Gasteiger partial charge in [-0.3, -0.25) is 4.90 Å². The van der Waals surface area contributed by atoms with Gasteiger partial charge < -0.3 is 14.8 Å². The average Bonchev–Trinajstić information content (AvgIpc) is 3.50. The van der Waals surface area contributed by atoms with Crippen LogP contribution >= 0.6 is 0 Å². The maximum Gasteiger partial charge on any atom is 0.410 e. The van der Waals surface area contributed by atoms with Crippen LogP contribution in [-0.2, 0) is 16.1 Å². The van der Waals surface area contributed by atoms with E-state index in [0.29, 0.717) is 31.2 Å². The average molecular weight is 407 g/mol. The Morgan fingerprint density at radius 3 is 2.60 bits per heavy atom. The van der Waals surface area contributed by atoms with Gasteiger partial charge in [-0.2, -0.15) is 0 Å². The minimum absolute atomic E-state index is 0.111. The van der Waals surface area contributed by atoms with Crippen molar-refractivity contribution in [1.29, 1.82) is 0 Å². The molecule has 0 saturated heterocycles. The van der Waals surface area contributed by atoms with Gasteiger partial charge in [-0.05, 0) is 42.9 Å². The first-order chi connectivity index (χ1) is 14.8. The predicted octanol–water partition coefficient (Wildman–Crippen LogP) is 5.14. The number of rotatable bonds is 7. The summed E-state index contributed by atoms with van der Waals surface area (Å²) in [6.45, 7) is 1.24. The van der Waals surface area contributed by atoms with Crippen molar-refractivity contribution in [3.8, 4) is 0 Å². The number of ether oxygens (including phenoxy) is 2. The first kappa shape index (κ1) is 19.4. The third-order valence-corrected chi connectivity index (χ3v) is 6.61. The summed E-state index contributed by atoms with van der Waals surface area (Å²) in [5.74, 6) is 0.461. The number of nitrogens with one attached hydrogen (secondary N) is 1. The fourth-order valence-corrected chi connectivity index (χ4v) is 5.09. The van der Waals surface area contributed by atoms with E-state index < -0.39 is 0 Å². The topological polar surface area (TPSA) is 50.8 Å². The Balaban J connectivity index is 1.24. The summed E-state index contributed by atoms with van der Waals surface area (Å²) in [7, 11) is 0. The molecule has 5 heteroatoms. The van der Waals surface area contributed by atoms with Gasteiger partial charge in [0.15, 0.2) is 0 Å². The standard InChI is InChI=1S/C25H30N2O3/c28-25(30-16-15-29-17-18-7-2-1-3-8-18)27(19-13-14-19)24-20-9-4-5-11-22(20)26-23-12-6-10-21(23)24/h1-5,7-9,11,19,21,23-24,26H,6,10,12-17H2. The van der Waals surface area contributed by atoms with Crippen molar-refractivity contribution < 1.29 is 14.3 Å². The zero-order valence-electron chi connectivity index (χ0n) is 17.3. The third-order valence-electron chi connectivity index (χ3n) is 6.61. The van der Waals surface area contributed by atoms with Crippen molar-refractivity contribution in [3.05, 3.63) is 65.7 Å². The van der Waals surface area contributed by atoms with Crippen LogP contribution in [0.3, 0.4) is 0 Å². The molecule has 1 N–H and O–H groups in total. The molecule has 0 aromatic heterocycles. The van der Waals surface area contributed by atoms with Crippen molar-refractivity contribution in [2.24, 2.45) is 5.92 Å². The van der Waals surface area contributed by atoms with Crippen molar-refractivity contribution in [2.45, 2.75) is 56.8 Å². The highest BCUT2D eigenvalue weighted by Gasteiger charge is 2.48. The van der Waals surface area contributed by atoms with Crippen molar-refractivity contribution >= 4 is 11.8 Å². The largest absolute Gasteiger partial charge is 0.447 e. The Morgan fingerprint density at radius 1 is 0.967 bits per heavy atom. The van der Waals surface area contributed by atoms with Gasteiger partial charge in [0.25, 0.3) is 0 Å². The fraction of sp³-hybridized carbons (Fsp3) is 0.480. The molecule has 1 heterocycles. The number of fused-ring (bicyclic) bond motifs is 2. The molecule has 2 saturated carbocycles. The molecule has 5 rings (SSSR count). The van der Waals surface area contributed by atoms with Gasteiger partial charge >= 0.3 is 6.09 Å². The van der Waals surface area contributed by atoms with E-state index in [2.05, 4.69) is 34.5 Å². The van der Waals surface area contributed by atoms with E-state index in [1.165, 1.54) is 24.1 Å². The summed E-state index contributed by atoms with van der Waals surface area (Å²) < 4.78 is 11.4. The van der Waals surface area contributed by atoms with Crippen LogP contribution in [0, 0.1) is 5.92 Å². The molecule has 0 bridgehead atoms. The lowest BCUT2D eigenvalue weighted by molar-refractivity contribution is 0.0324. The van der Waals surface area contributed by atoms with Crippen LogP contribution in [-0.4, -0.2) is 36.3 Å². The number of hydrogen-bond donors (Lipinski definition) is 1. The summed E-state index contributed by atoms with van der Waals surface area (Å²) in [4.78, 5) is 15.2. The minimum Gasteiger partial charge on any atom is -0.447 e. The number of amides is 1. The highest BCUT2D eigenvalue weighted by Crippen LogP contribution is 2.50. The van der Waals surface area contributed by atoms with Gasteiger partial charge in [-0.15, -0.1) is 0 Å². The van der Waals surface area contributed by atoms with Crippen LogP contribution in [0.5, 0.6) is 0 Å². The molecule has 3 atom stereocenters. The monoisotopic (exact) mass is 406 g/mol. The summed E-state index contributed by atoms with van der Waals surface area (Å²) >= 11 is 0. The van der Waals surface area contributed by atoms with Crippen molar-refractivity contribution in [1.82, 2.24) is 4.90 Å². The SMILES string of the molecule is O=C(OCCOCc1ccccc1)N(C1CC1)C1c2ccccc2NC2CCCC21. The van der Waals surface area contributed by atoms with Crippen molar-refractivity contribution in [2.75, 3.05) is 18.5 Å². The van der Waals surface area contributed by atoms with Gasteiger partial charge in [0, 0.05) is 23.7 Å². The van der Waals surface area contributed by atoms with E-state index in [9.17, 15) is 4.79 Å². The highest BCUT2D eigenvalue weighted by atomic mass is 16.6. The Kier molecular flexibility index (Phi) is 5.63. The normalized spacial score (nSPS) is 24.5. The second kappa shape index (κ2) is 8.68. The van der Waals surface area contributed by atoms with E-state index in [4.69, 9.17) is 9.47 Å². The Labute approximate surface area is 178 Å². The Hall–Kier alpha value is -2.53. The smallest absolute Gasteiger partial charge is 0.410 e. The van der Waals surface area contributed by atoms with Crippen molar-refractivity contribution in [3.63, 3.8) is 0 Å². The number of benzene rings is 2. The molecule has 3 unspecified atom stereocenters. The summed E-state index contributed by atoms with van der Waals surface area (Å²) in [6.07, 6.45) is 5.51. The third kappa shape index (κ3) is 4.04. The second-order valence-electron chi connectivity index (χ2n) is 8.67. The number of carbonyl (C=O) groups is 1. The lowest BCUT2D eigenvalue weighted by Gasteiger charge is -2.43. The molecule has 1 amide bonds. The van der Waals surface area contributed by atoms with E-state index >= 15 is 0 Å². The fourth-order valence-electron chi connectivity index (χ4n) is 5.09. The van der Waals surface area contributed by atoms with E-state index in [-0.39, 0.29) is 18.7 Å². The predicted molar refractivity (Wildman–Crippen MR) is 116 cm³/mol. The highest BCUT2D eigenvalue weighted by molar-refractivity contribution is 5.71. The van der Waals surface area contributed by atoms with Crippen LogP contribution in [0.15, 0.2) is 54.6 Å². The molecule has 2 aromatic carbocycles. The summed E-state index contributed by atoms with van der Waals surface area (Å²) in [5.41, 5.74) is 3.54. The first-order valence-corrected chi connectivity index (χ1v) is 11.2. The van der Waals surface area contributed by atoms with Crippen LogP contribution < -0.4 is 5.32 Å². The molecule has 5 nitrogen and oxygen atoms in total. The maximum absolute atomic E-state index is 13.2. The number of para-hydroxylation sites is 1. The molecule has 2 aromatic rings. The number of carbonyl (C=O) groups excluding carboxylic acids is 1. The zero-order valence-corrected chi connectivity index (χ0v) is 17.3. The molecule has 1 aliphatic heterocycles. The molecule has 3 aliphatic rings. The second-order valence-corrected chi connectivity index (χ2v) is 8.67. The summed E-state index contributed by atoms with van der Waals surface area (Å²) in [6, 6.07) is 19.4. The number of anilines is 1. The molecule has 2 fully saturated rings. The van der Waals surface area contributed by atoms with Gasteiger partial charge in [0.1, 0.15) is 6.61 Å². The number of nitrogens with zero attached hydrogens (tertiary/aromatic N) is 1. The molecule has 0 radical (unpaired) electrons. The van der Waals surface area contributed by atoms with E-state index in [1.54, 1.807) is 0 Å². The lowest BCUT2D eigenvalue weighted by Crippen LogP contribution is -2.46. The van der Waals surface area contributed by atoms with Gasteiger partial charge in [-0.25, -0.2) is 4.79 Å². The van der Waals surface area contributed by atoms with Crippen LogP contribution in [0.1, 0.15) is 49.3 Å². The quantitative estimate of drug-likeness (QED) is 0.647. The van der Waals surface area contributed by atoms with Gasteiger partial charge in [0.2, 0.25) is 0 Å². The molecule has 0 spiro atoms. The summed E-state index contributed by atoms with van der Waals surface area (Å²) in [5, 5.41) is 3.72. The first-order valence-electron chi connectivity index (χ1n) is 11.2.